The molecule has 2 aromatic rings. The van der Waals surface area contributed by atoms with E-state index < -0.39 is 0 Å². The number of hydrogen-bond donors (Lipinski definition) is 0. The second kappa shape index (κ2) is 6.27. The first-order chi connectivity index (χ1) is 9.60. The number of hydrogen-bond acceptors (Lipinski definition) is 3. The fraction of sp³-hybridized carbons (Fsp3) is 0.125. The Morgan fingerprint density at radius 1 is 1.00 bits per heavy atom. The minimum atomic E-state index is 0.0103. The summed E-state index contributed by atoms with van der Waals surface area (Å²) in [5.41, 5.74) is 2.77. The summed E-state index contributed by atoms with van der Waals surface area (Å²) in [5.74, 6) is 0. The number of amides is 1. The van der Waals surface area contributed by atoms with Crippen molar-refractivity contribution in [2.24, 2.45) is 0 Å². The lowest BCUT2D eigenvalue weighted by Crippen LogP contribution is -2.15. The van der Waals surface area contributed by atoms with Gasteiger partial charge in [0.2, 0.25) is 0 Å². The maximum absolute atomic E-state index is 11.6. The number of carbonyl (C=O) groups excluding carboxylic acids is 1. The van der Waals surface area contributed by atoms with Crippen LogP contribution in [0.4, 0.5) is 4.79 Å². The largest absolute Gasteiger partial charge is 0.339 e. The molecule has 0 saturated carbocycles. The topological polar surface area (TPSA) is 44.1 Å². The van der Waals surface area contributed by atoms with Crippen LogP contribution >= 0.6 is 11.8 Å². The van der Waals surface area contributed by atoms with Crippen molar-refractivity contribution in [3.63, 3.8) is 0 Å². The van der Waals surface area contributed by atoms with Crippen LogP contribution in [0.15, 0.2) is 53.4 Å². The number of benzene rings is 2. The zero-order valence-electron chi connectivity index (χ0n) is 11.3. The Labute approximate surface area is 122 Å². The molecule has 0 aliphatic rings. The normalized spacial score (nSPS) is 9.85. The van der Waals surface area contributed by atoms with E-state index in [0.717, 1.165) is 16.0 Å². The maximum Gasteiger partial charge on any atom is 0.285 e. The molecule has 0 heterocycles. The lowest BCUT2D eigenvalue weighted by Gasteiger charge is -2.09. The van der Waals surface area contributed by atoms with Gasteiger partial charge in [-0.15, -0.1) is 0 Å². The number of thioether (sulfide) groups is 1. The molecular weight excluding hydrogens is 268 g/mol. The zero-order valence-corrected chi connectivity index (χ0v) is 12.1. The molecule has 1 amide bonds. The van der Waals surface area contributed by atoms with E-state index in [4.69, 9.17) is 5.26 Å². The third-order valence-corrected chi connectivity index (χ3v) is 3.82. The monoisotopic (exact) mass is 282 g/mol. The molecule has 0 radical (unpaired) electrons. The Bertz CT molecular complexity index is 640. The molecule has 0 fully saturated rings. The third-order valence-electron chi connectivity index (χ3n) is 2.77. The predicted octanol–water partition coefficient (Wildman–Crippen LogP) is 4.00. The van der Waals surface area contributed by atoms with Gasteiger partial charge in [-0.3, -0.25) is 4.79 Å². The fourth-order valence-corrected chi connectivity index (χ4v) is 2.30. The molecule has 0 atom stereocenters. The van der Waals surface area contributed by atoms with Gasteiger partial charge in [-0.2, -0.15) is 5.26 Å². The first-order valence-corrected chi connectivity index (χ1v) is 6.91. The SMILES string of the molecule is CN(C)C(=O)Sc1ccc(-c2ccc(C#N)cc2)cc1. The van der Waals surface area contributed by atoms with Crippen LogP contribution in [0.3, 0.4) is 0 Å². The minimum absolute atomic E-state index is 0.0103. The zero-order chi connectivity index (χ0) is 14.5. The van der Waals surface area contributed by atoms with Gasteiger partial charge < -0.3 is 4.90 Å². The van der Waals surface area contributed by atoms with E-state index in [9.17, 15) is 4.79 Å². The second-order valence-corrected chi connectivity index (χ2v) is 5.50. The fourth-order valence-electron chi connectivity index (χ4n) is 1.64. The number of carbonyl (C=O) groups is 1. The van der Waals surface area contributed by atoms with E-state index >= 15 is 0 Å². The molecule has 3 nitrogen and oxygen atoms in total. The summed E-state index contributed by atoms with van der Waals surface area (Å²) in [6.07, 6.45) is 0. The van der Waals surface area contributed by atoms with E-state index in [1.807, 2.05) is 36.4 Å². The molecule has 2 rings (SSSR count). The minimum Gasteiger partial charge on any atom is -0.339 e. The molecule has 0 aliphatic carbocycles. The Morgan fingerprint density at radius 3 is 1.95 bits per heavy atom. The van der Waals surface area contributed by atoms with Crippen molar-refractivity contribution in [2.45, 2.75) is 4.90 Å². The van der Waals surface area contributed by atoms with Crippen molar-refractivity contribution >= 4 is 17.0 Å². The van der Waals surface area contributed by atoms with Crippen molar-refractivity contribution in [3.8, 4) is 17.2 Å². The first-order valence-electron chi connectivity index (χ1n) is 6.10. The van der Waals surface area contributed by atoms with E-state index in [1.54, 1.807) is 31.1 Å². The van der Waals surface area contributed by atoms with Crippen molar-refractivity contribution in [1.29, 1.82) is 5.26 Å². The molecule has 0 saturated heterocycles. The molecular formula is C16H14N2OS. The molecule has 0 bridgehead atoms. The molecule has 20 heavy (non-hydrogen) atoms. The van der Waals surface area contributed by atoms with E-state index in [1.165, 1.54) is 11.8 Å². The van der Waals surface area contributed by atoms with Crippen molar-refractivity contribution in [3.05, 3.63) is 54.1 Å². The lowest BCUT2D eigenvalue weighted by atomic mass is 10.0. The van der Waals surface area contributed by atoms with Gasteiger partial charge in [0.1, 0.15) is 0 Å². The van der Waals surface area contributed by atoms with Crippen LogP contribution in [0.1, 0.15) is 5.56 Å². The summed E-state index contributed by atoms with van der Waals surface area (Å²) in [6.45, 7) is 0. The Hall–Kier alpha value is -2.25. The molecule has 0 N–H and O–H groups in total. The average molecular weight is 282 g/mol. The Kier molecular flexibility index (Phi) is 4.44. The Balaban J connectivity index is 2.15. The molecule has 100 valence electrons. The smallest absolute Gasteiger partial charge is 0.285 e. The summed E-state index contributed by atoms with van der Waals surface area (Å²) in [4.78, 5) is 14.1. The highest BCUT2D eigenvalue weighted by Gasteiger charge is 2.06. The molecule has 0 unspecified atom stereocenters. The second-order valence-electron chi connectivity index (χ2n) is 4.48. The van der Waals surface area contributed by atoms with Gasteiger partial charge in [0.15, 0.2) is 0 Å². The van der Waals surface area contributed by atoms with Gasteiger partial charge in [-0.05, 0) is 47.2 Å². The molecule has 0 spiro atoms. The molecule has 4 heteroatoms. The van der Waals surface area contributed by atoms with E-state index in [-0.39, 0.29) is 5.24 Å². The highest BCUT2D eigenvalue weighted by Crippen LogP contribution is 2.25. The van der Waals surface area contributed by atoms with Crippen molar-refractivity contribution in [1.82, 2.24) is 4.90 Å². The summed E-state index contributed by atoms with van der Waals surface area (Å²) in [5, 5.41) is 8.79. The van der Waals surface area contributed by atoms with Gasteiger partial charge in [0.25, 0.3) is 5.24 Å². The van der Waals surface area contributed by atoms with Gasteiger partial charge in [0.05, 0.1) is 11.6 Å². The van der Waals surface area contributed by atoms with Gasteiger partial charge in [-0.25, -0.2) is 0 Å². The standard InChI is InChI=1S/C16H14N2OS/c1-18(2)16(19)20-15-9-7-14(8-10-15)13-5-3-12(11-17)4-6-13/h3-10H,1-2H3. The highest BCUT2D eigenvalue weighted by molar-refractivity contribution is 8.13. The van der Waals surface area contributed by atoms with Crippen LogP contribution in [0, 0.1) is 11.3 Å². The van der Waals surface area contributed by atoms with Gasteiger partial charge in [-0.1, -0.05) is 24.3 Å². The van der Waals surface area contributed by atoms with Crippen LogP contribution in [0.2, 0.25) is 0 Å². The Morgan fingerprint density at radius 2 is 1.50 bits per heavy atom. The third kappa shape index (κ3) is 3.40. The lowest BCUT2D eigenvalue weighted by molar-refractivity contribution is 0.241. The highest BCUT2D eigenvalue weighted by atomic mass is 32.2. The summed E-state index contributed by atoms with van der Waals surface area (Å²) in [7, 11) is 3.47. The van der Waals surface area contributed by atoms with Crippen molar-refractivity contribution < 1.29 is 4.79 Å². The van der Waals surface area contributed by atoms with Crippen LogP contribution in [0.25, 0.3) is 11.1 Å². The van der Waals surface area contributed by atoms with Crippen molar-refractivity contribution in [2.75, 3.05) is 14.1 Å². The van der Waals surface area contributed by atoms with Crippen LogP contribution in [-0.4, -0.2) is 24.2 Å². The summed E-state index contributed by atoms with van der Waals surface area (Å²) < 4.78 is 0. The summed E-state index contributed by atoms with van der Waals surface area (Å²) in [6, 6.07) is 17.4. The predicted molar refractivity (Wildman–Crippen MR) is 81.5 cm³/mol. The average Bonchev–Trinajstić information content (AvgIpc) is 2.48. The van der Waals surface area contributed by atoms with Crippen LogP contribution < -0.4 is 0 Å². The molecule has 0 aliphatic heterocycles. The van der Waals surface area contributed by atoms with Gasteiger partial charge >= 0.3 is 0 Å². The number of nitrogens with zero attached hydrogens (tertiary/aromatic N) is 2. The van der Waals surface area contributed by atoms with Gasteiger partial charge in [0, 0.05) is 19.0 Å². The first kappa shape index (κ1) is 14.2. The van der Waals surface area contributed by atoms with E-state index in [0.29, 0.717) is 5.56 Å². The summed E-state index contributed by atoms with van der Waals surface area (Å²) >= 11 is 1.21. The van der Waals surface area contributed by atoms with E-state index in [2.05, 4.69) is 6.07 Å². The molecule has 2 aromatic carbocycles. The van der Waals surface area contributed by atoms with Crippen LogP contribution in [-0.2, 0) is 0 Å². The quantitative estimate of drug-likeness (QED) is 0.782. The van der Waals surface area contributed by atoms with Crippen LogP contribution in [0.5, 0.6) is 0 Å². The molecule has 0 aromatic heterocycles. The number of nitriles is 1. The maximum atomic E-state index is 11.6. The number of rotatable bonds is 2.